The molecule has 26 heavy (non-hydrogen) atoms. The Kier molecular flexibility index (Phi) is 4.42. The molecule has 1 aliphatic heterocycles. The average Bonchev–Trinajstić information content (AvgIpc) is 3.15. The number of ether oxygens (including phenoxy) is 3. The highest BCUT2D eigenvalue weighted by Gasteiger charge is 2.13. The fourth-order valence-corrected chi connectivity index (χ4v) is 2.58. The van der Waals surface area contributed by atoms with Gasteiger partial charge in [-0.2, -0.15) is 0 Å². The molecule has 4 rings (SSSR count). The van der Waals surface area contributed by atoms with Gasteiger partial charge in [0.2, 0.25) is 6.79 Å². The predicted octanol–water partition coefficient (Wildman–Crippen LogP) is 3.57. The Labute approximate surface area is 151 Å². The van der Waals surface area contributed by atoms with Crippen LogP contribution in [0.15, 0.2) is 54.9 Å². The molecule has 7 nitrogen and oxygen atoms in total. The van der Waals surface area contributed by atoms with Gasteiger partial charge in [0.1, 0.15) is 23.7 Å². The first-order valence-electron chi connectivity index (χ1n) is 8.16. The van der Waals surface area contributed by atoms with E-state index in [1.165, 1.54) is 6.33 Å². The van der Waals surface area contributed by atoms with Crippen LogP contribution in [0.1, 0.15) is 5.56 Å². The molecule has 0 aliphatic carbocycles. The van der Waals surface area contributed by atoms with Crippen LogP contribution in [0.4, 0.5) is 17.3 Å². The van der Waals surface area contributed by atoms with Crippen LogP contribution in [0.25, 0.3) is 0 Å². The van der Waals surface area contributed by atoms with E-state index in [4.69, 9.17) is 14.2 Å². The molecule has 1 aliphatic rings. The summed E-state index contributed by atoms with van der Waals surface area (Å²) in [5, 5.41) is 6.53. The Morgan fingerprint density at radius 3 is 2.62 bits per heavy atom. The van der Waals surface area contributed by atoms with Crippen molar-refractivity contribution in [3.05, 3.63) is 60.4 Å². The molecule has 0 spiro atoms. The molecule has 3 aromatic rings. The lowest BCUT2D eigenvalue weighted by atomic mass is 10.2. The van der Waals surface area contributed by atoms with E-state index in [9.17, 15) is 0 Å². The molecule has 0 saturated carbocycles. The number of benzene rings is 2. The van der Waals surface area contributed by atoms with Gasteiger partial charge in [-0.25, -0.2) is 9.97 Å². The van der Waals surface area contributed by atoms with Gasteiger partial charge < -0.3 is 24.8 Å². The van der Waals surface area contributed by atoms with Crippen molar-refractivity contribution in [1.29, 1.82) is 0 Å². The molecule has 0 radical (unpaired) electrons. The minimum Gasteiger partial charge on any atom is -0.497 e. The van der Waals surface area contributed by atoms with Crippen LogP contribution in [-0.2, 0) is 6.54 Å². The number of nitrogens with zero attached hydrogens (tertiary/aromatic N) is 2. The predicted molar refractivity (Wildman–Crippen MR) is 98.2 cm³/mol. The Morgan fingerprint density at radius 1 is 0.962 bits per heavy atom. The summed E-state index contributed by atoms with van der Waals surface area (Å²) in [6.07, 6.45) is 1.52. The maximum absolute atomic E-state index is 5.39. The Morgan fingerprint density at radius 2 is 1.77 bits per heavy atom. The van der Waals surface area contributed by atoms with E-state index in [0.29, 0.717) is 12.4 Å². The first kappa shape index (κ1) is 16.0. The third-order valence-corrected chi connectivity index (χ3v) is 3.94. The van der Waals surface area contributed by atoms with Gasteiger partial charge >= 0.3 is 0 Å². The standard InChI is InChI=1S/C19H18N4O3/c1-24-15-5-2-13(3-6-15)10-20-18-9-19(22-11-21-18)23-14-4-7-16-17(8-14)26-12-25-16/h2-9,11H,10,12H2,1H3,(H2,20,21,22,23). The lowest BCUT2D eigenvalue weighted by molar-refractivity contribution is 0.174. The molecule has 132 valence electrons. The normalized spacial score (nSPS) is 11.9. The highest BCUT2D eigenvalue weighted by molar-refractivity contribution is 5.63. The molecule has 0 amide bonds. The van der Waals surface area contributed by atoms with Gasteiger partial charge in [-0.1, -0.05) is 12.1 Å². The van der Waals surface area contributed by atoms with Crippen LogP contribution in [0.2, 0.25) is 0 Å². The topological polar surface area (TPSA) is 77.5 Å². The third kappa shape index (κ3) is 3.61. The van der Waals surface area contributed by atoms with Crippen molar-refractivity contribution in [3.8, 4) is 17.2 Å². The second-order valence-electron chi connectivity index (χ2n) is 5.68. The van der Waals surface area contributed by atoms with E-state index in [-0.39, 0.29) is 6.79 Å². The Balaban J connectivity index is 1.41. The monoisotopic (exact) mass is 350 g/mol. The second-order valence-corrected chi connectivity index (χ2v) is 5.68. The number of hydrogen-bond acceptors (Lipinski definition) is 7. The number of anilines is 3. The van der Waals surface area contributed by atoms with Gasteiger partial charge in [0.05, 0.1) is 7.11 Å². The molecular weight excluding hydrogens is 332 g/mol. The van der Waals surface area contributed by atoms with Crippen LogP contribution in [-0.4, -0.2) is 23.9 Å². The van der Waals surface area contributed by atoms with Crippen molar-refractivity contribution < 1.29 is 14.2 Å². The molecule has 0 atom stereocenters. The molecule has 0 saturated heterocycles. The maximum Gasteiger partial charge on any atom is 0.231 e. The Bertz CT molecular complexity index is 900. The number of methoxy groups -OCH3 is 1. The summed E-state index contributed by atoms with van der Waals surface area (Å²) >= 11 is 0. The summed E-state index contributed by atoms with van der Waals surface area (Å²) in [5.74, 6) is 3.74. The summed E-state index contributed by atoms with van der Waals surface area (Å²) in [5.41, 5.74) is 2.00. The highest BCUT2D eigenvalue weighted by Crippen LogP contribution is 2.34. The van der Waals surface area contributed by atoms with E-state index >= 15 is 0 Å². The molecule has 2 heterocycles. The summed E-state index contributed by atoms with van der Waals surface area (Å²) in [6, 6.07) is 15.4. The third-order valence-electron chi connectivity index (χ3n) is 3.94. The van der Waals surface area contributed by atoms with E-state index in [0.717, 1.165) is 34.3 Å². The molecule has 2 aromatic carbocycles. The highest BCUT2D eigenvalue weighted by atomic mass is 16.7. The number of hydrogen-bond donors (Lipinski definition) is 2. The molecular formula is C19H18N4O3. The number of nitrogens with one attached hydrogen (secondary N) is 2. The molecule has 0 fully saturated rings. The zero-order valence-corrected chi connectivity index (χ0v) is 14.2. The first-order valence-corrected chi connectivity index (χ1v) is 8.16. The second kappa shape index (κ2) is 7.18. The van der Waals surface area contributed by atoms with Gasteiger partial charge in [0.25, 0.3) is 0 Å². The van der Waals surface area contributed by atoms with Gasteiger partial charge in [0, 0.05) is 24.4 Å². The van der Waals surface area contributed by atoms with Gasteiger partial charge in [-0.15, -0.1) is 0 Å². The lowest BCUT2D eigenvalue weighted by Crippen LogP contribution is -2.03. The van der Waals surface area contributed by atoms with Crippen LogP contribution in [0.5, 0.6) is 17.2 Å². The number of aromatic nitrogens is 2. The SMILES string of the molecule is COc1ccc(CNc2cc(Nc3ccc4c(c3)OCO4)ncn2)cc1. The van der Waals surface area contributed by atoms with Crippen molar-refractivity contribution in [2.24, 2.45) is 0 Å². The summed E-state index contributed by atoms with van der Waals surface area (Å²) in [4.78, 5) is 8.51. The summed E-state index contributed by atoms with van der Waals surface area (Å²) in [7, 11) is 1.66. The Hall–Kier alpha value is -3.48. The van der Waals surface area contributed by atoms with Gasteiger partial charge in [-0.05, 0) is 29.8 Å². The summed E-state index contributed by atoms with van der Waals surface area (Å²) in [6.45, 7) is 0.913. The molecule has 0 bridgehead atoms. The van der Waals surface area contributed by atoms with Crippen LogP contribution in [0, 0.1) is 0 Å². The number of rotatable bonds is 6. The van der Waals surface area contributed by atoms with Crippen LogP contribution < -0.4 is 24.8 Å². The van der Waals surface area contributed by atoms with Crippen LogP contribution >= 0.6 is 0 Å². The van der Waals surface area contributed by atoms with Crippen molar-refractivity contribution in [2.75, 3.05) is 24.5 Å². The molecule has 1 aromatic heterocycles. The molecule has 2 N–H and O–H groups in total. The van der Waals surface area contributed by atoms with E-state index < -0.39 is 0 Å². The average molecular weight is 350 g/mol. The zero-order valence-electron chi connectivity index (χ0n) is 14.2. The van der Waals surface area contributed by atoms with Gasteiger partial charge in [-0.3, -0.25) is 0 Å². The number of fused-ring (bicyclic) bond motifs is 1. The van der Waals surface area contributed by atoms with Crippen molar-refractivity contribution in [2.45, 2.75) is 6.54 Å². The maximum atomic E-state index is 5.39. The van der Waals surface area contributed by atoms with E-state index in [1.807, 2.05) is 48.5 Å². The van der Waals surface area contributed by atoms with Crippen molar-refractivity contribution in [3.63, 3.8) is 0 Å². The van der Waals surface area contributed by atoms with E-state index in [2.05, 4.69) is 20.6 Å². The van der Waals surface area contributed by atoms with Crippen molar-refractivity contribution in [1.82, 2.24) is 9.97 Å². The first-order chi connectivity index (χ1) is 12.8. The summed E-state index contributed by atoms with van der Waals surface area (Å²) < 4.78 is 15.9. The largest absolute Gasteiger partial charge is 0.497 e. The fraction of sp³-hybridized carbons (Fsp3) is 0.158. The quantitative estimate of drug-likeness (QED) is 0.704. The smallest absolute Gasteiger partial charge is 0.231 e. The zero-order chi connectivity index (χ0) is 17.8. The fourth-order valence-electron chi connectivity index (χ4n) is 2.58. The molecule has 7 heteroatoms. The minimum atomic E-state index is 0.256. The van der Waals surface area contributed by atoms with Gasteiger partial charge in [0.15, 0.2) is 11.5 Å². The lowest BCUT2D eigenvalue weighted by Gasteiger charge is -2.09. The van der Waals surface area contributed by atoms with Crippen molar-refractivity contribution >= 4 is 17.3 Å². The molecule has 0 unspecified atom stereocenters. The van der Waals surface area contributed by atoms with E-state index in [1.54, 1.807) is 7.11 Å². The minimum absolute atomic E-state index is 0.256. The van der Waals surface area contributed by atoms with Crippen LogP contribution in [0.3, 0.4) is 0 Å².